The van der Waals surface area contributed by atoms with Gasteiger partial charge in [-0.25, -0.2) is 9.78 Å². The highest BCUT2D eigenvalue weighted by Gasteiger charge is 2.28. The van der Waals surface area contributed by atoms with Crippen molar-refractivity contribution in [3.8, 4) is 0 Å². The van der Waals surface area contributed by atoms with Gasteiger partial charge in [0.2, 0.25) is 5.91 Å². The molecule has 0 aliphatic carbocycles. The van der Waals surface area contributed by atoms with E-state index in [2.05, 4.69) is 4.98 Å². The first-order valence-electron chi connectivity index (χ1n) is 18.1. The minimum Gasteiger partial charge on any atom is -0.477 e. The number of amides is 1. The number of hydrogen-bond donors (Lipinski definition) is 1. The number of carbonyl (C=O) groups excluding carboxylic acids is 4. The first kappa shape index (κ1) is 42.8. The van der Waals surface area contributed by atoms with Crippen LogP contribution in [-0.4, -0.2) is 166 Å². The summed E-state index contributed by atoms with van der Waals surface area (Å²) >= 11 is 0. The zero-order chi connectivity index (χ0) is 38.9. The predicted molar refractivity (Wildman–Crippen MR) is 194 cm³/mol. The van der Waals surface area contributed by atoms with E-state index in [1.807, 2.05) is 81.9 Å². The maximum Gasteiger partial charge on any atom is 0.354 e. The van der Waals surface area contributed by atoms with Crippen LogP contribution in [0.4, 0.5) is 0 Å². The first-order valence-corrected chi connectivity index (χ1v) is 18.1. The Morgan fingerprint density at radius 3 is 1.31 bits per heavy atom. The van der Waals surface area contributed by atoms with E-state index in [0.717, 1.165) is 5.56 Å². The number of rotatable bonds is 9. The lowest BCUT2D eigenvalue weighted by Gasteiger charge is -2.35. The van der Waals surface area contributed by atoms with E-state index in [9.17, 15) is 29.1 Å². The average molecular weight is 733 g/mol. The summed E-state index contributed by atoms with van der Waals surface area (Å²) in [6.45, 7) is 21.0. The molecular weight excluding hydrogens is 672 g/mol. The molecule has 3 heterocycles. The molecule has 0 spiro atoms. The Labute approximate surface area is 308 Å². The highest BCUT2D eigenvalue weighted by Crippen LogP contribution is 2.19. The number of carbonyl (C=O) groups is 5. The zero-order valence-electron chi connectivity index (χ0n) is 32.7. The van der Waals surface area contributed by atoms with Crippen molar-refractivity contribution in [1.82, 2.24) is 29.5 Å². The van der Waals surface area contributed by atoms with Gasteiger partial charge >= 0.3 is 23.9 Å². The van der Waals surface area contributed by atoms with Crippen molar-refractivity contribution in [2.45, 2.75) is 92.1 Å². The molecule has 0 saturated carbocycles. The number of fused-ring (bicyclic) bond motifs is 1. The fraction of sp³-hybridized carbons (Fsp3) is 0.730. The average Bonchev–Trinajstić information content (AvgIpc) is 2.98. The molecule has 0 atom stereocenters. The van der Waals surface area contributed by atoms with E-state index in [4.69, 9.17) is 14.2 Å². The highest BCUT2D eigenvalue weighted by atomic mass is 16.6. The van der Waals surface area contributed by atoms with Crippen molar-refractivity contribution < 1.29 is 43.3 Å². The van der Waals surface area contributed by atoms with Gasteiger partial charge in [-0.2, -0.15) is 0 Å². The third kappa shape index (κ3) is 15.9. The summed E-state index contributed by atoms with van der Waals surface area (Å²) in [4.78, 5) is 78.0. The van der Waals surface area contributed by atoms with E-state index in [1.165, 1.54) is 6.07 Å². The fourth-order valence-electron chi connectivity index (χ4n) is 5.92. The smallest absolute Gasteiger partial charge is 0.354 e. The van der Waals surface area contributed by atoms with Crippen LogP contribution < -0.4 is 0 Å². The van der Waals surface area contributed by atoms with Gasteiger partial charge in [0.05, 0.1) is 26.2 Å². The molecule has 292 valence electrons. The lowest BCUT2D eigenvalue weighted by Crippen LogP contribution is -2.51. The number of hydrogen-bond acceptors (Lipinski definition) is 13. The molecule has 1 amide bonds. The zero-order valence-corrected chi connectivity index (χ0v) is 32.7. The van der Waals surface area contributed by atoms with Crippen molar-refractivity contribution in [2.75, 3.05) is 85.1 Å². The number of aromatic nitrogens is 1. The largest absolute Gasteiger partial charge is 0.477 e. The number of esters is 3. The van der Waals surface area contributed by atoms with E-state index >= 15 is 0 Å². The Balaban J connectivity index is 1.82. The van der Waals surface area contributed by atoms with Crippen molar-refractivity contribution >= 4 is 29.8 Å². The minimum absolute atomic E-state index is 0.0160. The Hall–Kier alpha value is -3.66. The van der Waals surface area contributed by atoms with E-state index < -0.39 is 22.8 Å². The molecule has 0 unspecified atom stereocenters. The number of ether oxygens (including phenoxy) is 3. The summed E-state index contributed by atoms with van der Waals surface area (Å²) in [5.74, 6) is -2.26. The van der Waals surface area contributed by atoms with Gasteiger partial charge in [0.1, 0.15) is 22.5 Å². The molecule has 2 aliphatic heterocycles. The Morgan fingerprint density at radius 2 is 0.962 bits per heavy atom. The quantitative estimate of drug-likeness (QED) is 0.290. The second-order valence-corrected chi connectivity index (χ2v) is 16.5. The molecule has 1 N–H and O–H groups in total. The van der Waals surface area contributed by atoms with Crippen molar-refractivity contribution in [2.24, 2.45) is 0 Å². The topological polar surface area (TPSA) is 162 Å². The summed E-state index contributed by atoms with van der Waals surface area (Å²) in [7, 11) is 0. The molecule has 1 aromatic heterocycles. The number of carboxylic acid groups (broad SMARTS) is 1. The summed E-state index contributed by atoms with van der Waals surface area (Å²) in [6.07, 6.45) is 0.454. The molecule has 1 fully saturated rings. The Kier molecular flexibility index (Phi) is 15.1. The SMILES string of the molecule is CC(C)(C)OC(=O)CN1CCN(CC(=O)OC(C)(C)C)CCN(CC(=O)N2CCc3nc(C(=O)O)ccc3C2)CCN(CC(=O)OC(C)(C)C)CC1. The number of nitrogens with zero attached hydrogens (tertiary/aromatic N) is 6. The molecule has 0 radical (unpaired) electrons. The molecule has 1 saturated heterocycles. The van der Waals surface area contributed by atoms with Crippen LogP contribution >= 0.6 is 0 Å². The van der Waals surface area contributed by atoms with Crippen molar-refractivity contribution in [3.63, 3.8) is 0 Å². The van der Waals surface area contributed by atoms with Crippen LogP contribution in [0.15, 0.2) is 12.1 Å². The molecule has 15 heteroatoms. The molecule has 0 aromatic carbocycles. The minimum atomic E-state index is -1.09. The van der Waals surface area contributed by atoms with Gasteiger partial charge in [-0.1, -0.05) is 6.07 Å². The summed E-state index contributed by atoms with van der Waals surface area (Å²) in [5.41, 5.74) is -0.459. The Bertz CT molecular complexity index is 1370. The van der Waals surface area contributed by atoms with E-state index in [-0.39, 0.29) is 55.7 Å². The standard InChI is InChI=1S/C37H60N6O9/c1-35(2,3)50-31(45)24-40-16-14-39(23-30(44)43-13-12-28-27(22-43)10-11-29(38-28)34(48)49)15-17-41(25-32(46)51-36(4,5)6)19-21-42(20-18-40)26-33(47)52-37(7,8)9/h10-11H,12-26H2,1-9H3,(H,48,49). The van der Waals surface area contributed by atoms with Crippen LogP contribution in [0.1, 0.15) is 84.1 Å². The second kappa shape index (κ2) is 18.4. The first-order chi connectivity index (χ1) is 24.0. The second-order valence-electron chi connectivity index (χ2n) is 16.5. The maximum absolute atomic E-state index is 13.7. The van der Waals surface area contributed by atoms with Crippen LogP contribution in [0.5, 0.6) is 0 Å². The van der Waals surface area contributed by atoms with Crippen LogP contribution in [0.25, 0.3) is 0 Å². The third-order valence-corrected chi connectivity index (χ3v) is 8.23. The van der Waals surface area contributed by atoms with E-state index in [1.54, 1.807) is 11.0 Å². The molecule has 0 bridgehead atoms. The van der Waals surface area contributed by atoms with Crippen molar-refractivity contribution in [3.05, 3.63) is 29.1 Å². The maximum atomic E-state index is 13.7. The lowest BCUT2D eigenvalue weighted by molar-refractivity contribution is -0.158. The van der Waals surface area contributed by atoms with Gasteiger partial charge in [-0.15, -0.1) is 0 Å². The number of pyridine rings is 1. The molecule has 15 nitrogen and oxygen atoms in total. The summed E-state index contributed by atoms with van der Waals surface area (Å²) in [6, 6.07) is 3.18. The highest BCUT2D eigenvalue weighted by molar-refractivity contribution is 5.85. The van der Waals surface area contributed by atoms with Crippen LogP contribution in [0, 0.1) is 0 Å². The normalized spacial score (nSPS) is 18.1. The fourth-order valence-corrected chi connectivity index (χ4v) is 5.92. The third-order valence-electron chi connectivity index (χ3n) is 8.23. The summed E-state index contributed by atoms with van der Waals surface area (Å²) < 4.78 is 16.9. The van der Waals surface area contributed by atoms with Crippen LogP contribution in [0.3, 0.4) is 0 Å². The van der Waals surface area contributed by atoms with Crippen LogP contribution in [-0.2, 0) is 46.4 Å². The van der Waals surface area contributed by atoms with Gasteiger partial charge in [-0.3, -0.25) is 38.8 Å². The summed E-state index contributed by atoms with van der Waals surface area (Å²) in [5, 5.41) is 9.33. The van der Waals surface area contributed by atoms with Gasteiger partial charge in [0, 0.05) is 77.6 Å². The molecule has 2 aliphatic rings. The molecule has 3 rings (SSSR count). The van der Waals surface area contributed by atoms with Crippen LogP contribution in [0.2, 0.25) is 0 Å². The van der Waals surface area contributed by atoms with Gasteiger partial charge in [0.15, 0.2) is 0 Å². The monoisotopic (exact) mass is 732 g/mol. The van der Waals surface area contributed by atoms with Gasteiger partial charge in [0.25, 0.3) is 0 Å². The number of aromatic carboxylic acids is 1. The van der Waals surface area contributed by atoms with E-state index in [0.29, 0.717) is 77.6 Å². The van der Waals surface area contributed by atoms with Gasteiger partial charge < -0.3 is 24.2 Å². The Morgan fingerprint density at radius 1 is 0.596 bits per heavy atom. The number of carboxylic acids is 1. The molecule has 52 heavy (non-hydrogen) atoms. The molecular formula is C37H60N6O9. The van der Waals surface area contributed by atoms with Gasteiger partial charge in [-0.05, 0) is 73.9 Å². The molecule has 1 aromatic rings. The predicted octanol–water partition coefficient (Wildman–Crippen LogP) is 1.91. The van der Waals surface area contributed by atoms with Crippen molar-refractivity contribution in [1.29, 1.82) is 0 Å². The lowest BCUT2D eigenvalue weighted by atomic mass is 10.0.